The molecule has 0 amide bonds. The van der Waals surface area contributed by atoms with E-state index in [1.165, 1.54) is 12.3 Å². The van der Waals surface area contributed by atoms with Gasteiger partial charge in [0, 0.05) is 17.1 Å². The molecule has 0 aliphatic rings. The summed E-state index contributed by atoms with van der Waals surface area (Å²) >= 11 is 0. The second-order valence-corrected chi connectivity index (χ2v) is 3.80. The number of aromatic nitrogens is 3. The Labute approximate surface area is 101 Å². The lowest BCUT2D eigenvalue weighted by molar-refractivity contribution is 0.631. The van der Waals surface area contributed by atoms with Crippen LogP contribution >= 0.6 is 0 Å². The fraction of sp³-hybridized carbons (Fsp3) is 0. The van der Waals surface area contributed by atoms with Crippen LogP contribution in [0.15, 0.2) is 47.4 Å². The first kappa shape index (κ1) is 10.6. The van der Waals surface area contributed by atoms with Gasteiger partial charge in [-0.05, 0) is 24.3 Å². The van der Waals surface area contributed by atoms with Crippen molar-refractivity contribution in [3.8, 4) is 11.3 Å². The van der Waals surface area contributed by atoms with Gasteiger partial charge in [-0.1, -0.05) is 12.1 Å². The molecule has 0 unspecified atom stereocenters. The van der Waals surface area contributed by atoms with E-state index >= 15 is 0 Å². The van der Waals surface area contributed by atoms with Gasteiger partial charge in [0.1, 0.15) is 11.5 Å². The van der Waals surface area contributed by atoms with Crippen LogP contribution in [0.3, 0.4) is 0 Å². The average molecular weight is 241 g/mol. The van der Waals surface area contributed by atoms with Crippen molar-refractivity contribution in [1.82, 2.24) is 15.0 Å². The van der Waals surface area contributed by atoms with Crippen LogP contribution in [0.1, 0.15) is 0 Å². The largest absolute Gasteiger partial charge is 0.346 e. The van der Waals surface area contributed by atoms with Crippen LogP contribution in [-0.2, 0) is 0 Å². The first-order chi connectivity index (χ1) is 8.74. The van der Waals surface area contributed by atoms with E-state index in [9.17, 15) is 9.18 Å². The Morgan fingerprint density at radius 3 is 2.78 bits per heavy atom. The van der Waals surface area contributed by atoms with Crippen molar-refractivity contribution in [1.29, 1.82) is 0 Å². The number of pyridine rings is 1. The Hall–Kier alpha value is -2.56. The van der Waals surface area contributed by atoms with Crippen molar-refractivity contribution in [3.63, 3.8) is 0 Å². The summed E-state index contributed by atoms with van der Waals surface area (Å²) in [5.74, 6) is -0.347. The molecular formula is C13H8FN3O. The topological polar surface area (TPSA) is 58.6 Å². The molecule has 0 atom stereocenters. The van der Waals surface area contributed by atoms with Gasteiger partial charge in [-0.15, -0.1) is 0 Å². The van der Waals surface area contributed by atoms with E-state index in [-0.39, 0.29) is 5.82 Å². The fourth-order valence-corrected chi connectivity index (χ4v) is 1.75. The highest BCUT2D eigenvalue weighted by atomic mass is 19.1. The number of fused-ring (bicyclic) bond motifs is 1. The minimum Gasteiger partial charge on any atom is -0.290 e. The zero-order valence-corrected chi connectivity index (χ0v) is 9.22. The predicted molar refractivity (Wildman–Crippen MR) is 65.6 cm³/mol. The van der Waals surface area contributed by atoms with E-state index in [0.29, 0.717) is 22.3 Å². The second kappa shape index (κ2) is 4.03. The van der Waals surface area contributed by atoms with Crippen molar-refractivity contribution < 1.29 is 4.39 Å². The molecule has 4 nitrogen and oxygen atoms in total. The van der Waals surface area contributed by atoms with Gasteiger partial charge in [0.15, 0.2) is 0 Å². The maximum Gasteiger partial charge on any atom is 0.346 e. The molecule has 0 saturated carbocycles. The van der Waals surface area contributed by atoms with Gasteiger partial charge in [-0.2, -0.15) is 0 Å². The molecule has 88 valence electrons. The molecule has 3 rings (SSSR count). The Morgan fingerprint density at radius 1 is 1.11 bits per heavy atom. The van der Waals surface area contributed by atoms with Crippen molar-refractivity contribution in [2.45, 2.75) is 0 Å². The van der Waals surface area contributed by atoms with Crippen LogP contribution in [-0.4, -0.2) is 15.0 Å². The van der Waals surface area contributed by atoms with E-state index < -0.39 is 5.69 Å². The molecule has 2 heterocycles. The summed E-state index contributed by atoms with van der Waals surface area (Å²) in [5.41, 5.74) is 0.802. The van der Waals surface area contributed by atoms with Crippen molar-refractivity contribution in [3.05, 3.63) is 58.9 Å². The van der Waals surface area contributed by atoms with Gasteiger partial charge < -0.3 is 0 Å². The normalized spacial score (nSPS) is 10.7. The number of benzene rings is 1. The average Bonchev–Trinajstić information content (AvgIpc) is 2.38. The third kappa shape index (κ3) is 1.75. The maximum absolute atomic E-state index is 13.6. The summed E-state index contributed by atoms with van der Waals surface area (Å²) in [6.07, 6.45) is 1.44. The Morgan fingerprint density at radius 2 is 1.94 bits per heavy atom. The van der Waals surface area contributed by atoms with Gasteiger partial charge in [-0.25, -0.2) is 19.2 Å². The minimum absolute atomic E-state index is 0.347. The second-order valence-electron chi connectivity index (χ2n) is 3.80. The minimum atomic E-state index is -0.472. The number of H-pyrrole nitrogens is 1. The zero-order chi connectivity index (χ0) is 12.5. The lowest BCUT2D eigenvalue weighted by atomic mass is 10.1. The first-order valence-electron chi connectivity index (χ1n) is 5.35. The third-order valence-corrected chi connectivity index (χ3v) is 2.62. The number of nitrogens with zero attached hydrogens (tertiary/aromatic N) is 2. The van der Waals surface area contributed by atoms with E-state index in [0.717, 1.165) is 0 Å². The van der Waals surface area contributed by atoms with Crippen molar-refractivity contribution in [2.75, 3.05) is 0 Å². The molecule has 0 bridgehead atoms. The van der Waals surface area contributed by atoms with E-state index in [1.807, 2.05) is 0 Å². The summed E-state index contributed by atoms with van der Waals surface area (Å²) < 4.78 is 13.6. The van der Waals surface area contributed by atoms with Crippen LogP contribution in [0.4, 0.5) is 4.39 Å². The number of nitrogens with one attached hydrogen (secondary N) is 1. The van der Waals surface area contributed by atoms with Gasteiger partial charge in [0.05, 0.1) is 5.69 Å². The first-order valence-corrected chi connectivity index (χ1v) is 5.35. The van der Waals surface area contributed by atoms with Crippen molar-refractivity contribution >= 4 is 11.0 Å². The van der Waals surface area contributed by atoms with Crippen LogP contribution < -0.4 is 5.69 Å². The highest BCUT2D eigenvalue weighted by molar-refractivity contribution is 5.77. The Balaban J connectivity index is 2.25. The molecule has 3 aromatic rings. The molecule has 0 aliphatic heterocycles. The molecule has 1 N–H and O–H groups in total. The molecule has 18 heavy (non-hydrogen) atoms. The maximum atomic E-state index is 13.6. The van der Waals surface area contributed by atoms with E-state index in [1.54, 1.807) is 30.3 Å². The molecule has 2 aromatic heterocycles. The van der Waals surface area contributed by atoms with Gasteiger partial charge in [0.25, 0.3) is 0 Å². The molecule has 0 radical (unpaired) electrons. The molecule has 0 fully saturated rings. The predicted octanol–water partition coefficient (Wildman–Crippen LogP) is 2.12. The molecular weight excluding hydrogens is 233 g/mol. The smallest absolute Gasteiger partial charge is 0.290 e. The third-order valence-electron chi connectivity index (χ3n) is 2.62. The van der Waals surface area contributed by atoms with E-state index in [4.69, 9.17) is 0 Å². The molecule has 5 heteroatoms. The van der Waals surface area contributed by atoms with E-state index in [2.05, 4.69) is 15.0 Å². The summed E-state index contributed by atoms with van der Waals surface area (Å²) in [7, 11) is 0. The van der Waals surface area contributed by atoms with Gasteiger partial charge in [-0.3, -0.25) is 4.98 Å². The number of rotatable bonds is 1. The number of aromatic amines is 1. The number of halogens is 1. The highest BCUT2D eigenvalue weighted by Gasteiger charge is 2.06. The summed E-state index contributed by atoms with van der Waals surface area (Å²) in [6, 6.07) is 9.80. The SMILES string of the molecule is O=c1ncc2ccc(-c3ccccc3F)nc2[nH]1. The van der Waals surface area contributed by atoms with Crippen LogP contribution in [0, 0.1) is 5.82 Å². The van der Waals surface area contributed by atoms with Gasteiger partial charge >= 0.3 is 5.69 Å². The Kier molecular flexibility index (Phi) is 2.37. The standard InChI is InChI=1S/C13H8FN3O/c14-10-4-2-1-3-9(10)11-6-5-8-7-15-13(18)17-12(8)16-11/h1-7H,(H,15,16,17,18). The van der Waals surface area contributed by atoms with Crippen LogP contribution in [0.5, 0.6) is 0 Å². The van der Waals surface area contributed by atoms with Crippen molar-refractivity contribution in [2.24, 2.45) is 0 Å². The summed E-state index contributed by atoms with van der Waals surface area (Å²) in [4.78, 5) is 21.5. The van der Waals surface area contributed by atoms with Gasteiger partial charge in [0.2, 0.25) is 0 Å². The quantitative estimate of drug-likeness (QED) is 0.710. The fourth-order valence-electron chi connectivity index (χ4n) is 1.75. The lowest BCUT2D eigenvalue weighted by Crippen LogP contribution is -2.09. The highest BCUT2D eigenvalue weighted by Crippen LogP contribution is 2.21. The lowest BCUT2D eigenvalue weighted by Gasteiger charge is -2.03. The summed E-state index contributed by atoms with van der Waals surface area (Å²) in [5, 5.41) is 0.703. The van der Waals surface area contributed by atoms with Crippen LogP contribution in [0.25, 0.3) is 22.3 Å². The van der Waals surface area contributed by atoms with Crippen LogP contribution in [0.2, 0.25) is 0 Å². The molecule has 0 spiro atoms. The monoisotopic (exact) mass is 241 g/mol. The molecule has 1 aromatic carbocycles. The Bertz CT molecular complexity index is 782. The summed E-state index contributed by atoms with van der Waals surface area (Å²) in [6.45, 7) is 0. The zero-order valence-electron chi connectivity index (χ0n) is 9.22. The number of hydrogen-bond acceptors (Lipinski definition) is 3. The number of hydrogen-bond donors (Lipinski definition) is 1. The molecule has 0 saturated heterocycles. The molecule has 0 aliphatic carbocycles.